The molecule has 0 aliphatic carbocycles. The van der Waals surface area contributed by atoms with Crippen LogP contribution in [0, 0.1) is 12.3 Å². The smallest absolute Gasteiger partial charge is 0.156 e. The zero-order valence-electron chi connectivity index (χ0n) is 7.19. The van der Waals surface area contributed by atoms with Crippen molar-refractivity contribution in [1.82, 2.24) is 0 Å². The summed E-state index contributed by atoms with van der Waals surface area (Å²) in [6.45, 7) is 0. The van der Waals surface area contributed by atoms with E-state index in [1.807, 2.05) is 0 Å². The summed E-state index contributed by atoms with van der Waals surface area (Å²) < 4.78 is 5.01. The molecule has 0 atom stereocenters. The number of hydrogen-bond acceptors (Lipinski definition) is 2. The van der Waals surface area contributed by atoms with E-state index in [9.17, 15) is 4.79 Å². The Morgan fingerprint density at radius 2 is 2.54 bits per heavy atom. The number of carbonyl (C=O) groups excluding carboxylic acids is 1. The Balaban J connectivity index is 2.41. The van der Waals surface area contributed by atoms with Crippen LogP contribution in [0.2, 0.25) is 0 Å². The fourth-order valence-electron chi connectivity index (χ4n) is 0.840. The maximum atomic E-state index is 11.1. The molecule has 0 saturated carbocycles. The van der Waals surface area contributed by atoms with Crippen LogP contribution in [-0.2, 0) is 4.79 Å². The Morgan fingerprint density at radius 1 is 1.69 bits per heavy atom. The molecule has 13 heavy (non-hydrogen) atoms. The SMILES string of the molecule is C#CCCC(=O)/C=C/c1ccco1. The summed E-state index contributed by atoms with van der Waals surface area (Å²) in [5, 5.41) is 0. The van der Waals surface area contributed by atoms with E-state index in [0.717, 1.165) is 0 Å². The summed E-state index contributed by atoms with van der Waals surface area (Å²) in [4.78, 5) is 11.1. The van der Waals surface area contributed by atoms with Crippen molar-refractivity contribution in [2.75, 3.05) is 0 Å². The van der Waals surface area contributed by atoms with Crippen molar-refractivity contribution in [1.29, 1.82) is 0 Å². The first kappa shape index (κ1) is 9.34. The number of rotatable bonds is 4. The second-order valence-electron chi connectivity index (χ2n) is 2.52. The van der Waals surface area contributed by atoms with Gasteiger partial charge < -0.3 is 4.42 Å². The fourth-order valence-corrected chi connectivity index (χ4v) is 0.840. The lowest BCUT2D eigenvalue weighted by Gasteiger charge is -1.87. The van der Waals surface area contributed by atoms with Gasteiger partial charge in [0.2, 0.25) is 0 Å². The van der Waals surface area contributed by atoms with Crippen LogP contribution in [0.4, 0.5) is 0 Å². The van der Waals surface area contributed by atoms with Crippen LogP contribution < -0.4 is 0 Å². The van der Waals surface area contributed by atoms with Crippen LogP contribution >= 0.6 is 0 Å². The quantitative estimate of drug-likeness (QED) is 0.517. The Kier molecular flexibility index (Phi) is 3.59. The van der Waals surface area contributed by atoms with Crippen LogP contribution in [0.25, 0.3) is 6.08 Å². The highest BCUT2D eigenvalue weighted by Crippen LogP contribution is 2.03. The summed E-state index contributed by atoms with van der Waals surface area (Å²) in [7, 11) is 0. The van der Waals surface area contributed by atoms with Gasteiger partial charge >= 0.3 is 0 Å². The van der Waals surface area contributed by atoms with Crippen molar-refractivity contribution in [3.8, 4) is 12.3 Å². The molecule has 1 heterocycles. The van der Waals surface area contributed by atoms with E-state index in [0.29, 0.717) is 18.6 Å². The van der Waals surface area contributed by atoms with Gasteiger partial charge in [-0.05, 0) is 24.3 Å². The number of terminal acetylenes is 1. The van der Waals surface area contributed by atoms with E-state index in [2.05, 4.69) is 5.92 Å². The Labute approximate surface area is 77.3 Å². The molecule has 0 fully saturated rings. The minimum atomic E-state index is 0.0225. The summed E-state index contributed by atoms with van der Waals surface area (Å²) in [6, 6.07) is 3.55. The van der Waals surface area contributed by atoms with Crippen LogP contribution in [0.1, 0.15) is 18.6 Å². The highest BCUT2D eigenvalue weighted by Gasteiger charge is 1.94. The zero-order chi connectivity index (χ0) is 9.52. The molecular formula is C11H10O2. The molecule has 0 bridgehead atoms. The van der Waals surface area contributed by atoms with Gasteiger partial charge in [0, 0.05) is 12.8 Å². The molecular weight excluding hydrogens is 164 g/mol. The van der Waals surface area contributed by atoms with Gasteiger partial charge in [0.25, 0.3) is 0 Å². The van der Waals surface area contributed by atoms with Gasteiger partial charge in [0.15, 0.2) is 5.78 Å². The van der Waals surface area contributed by atoms with E-state index in [1.54, 1.807) is 24.5 Å². The monoisotopic (exact) mass is 174 g/mol. The fraction of sp³-hybridized carbons (Fsp3) is 0.182. The van der Waals surface area contributed by atoms with Crippen LogP contribution in [0.3, 0.4) is 0 Å². The first-order chi connectivity index (χ1) is 6.33. The van der Waals surface area contributed by atoms with E-state index in [1.165, 1.54) is 6.08 Å². The molecule has 1 aromatic heterocycles. The predicted molar refractivity (Wildman–Crippen MR) is 50.8 cm³/mol. The normalized spacial score (nSPS) is 10.1. The van der Waals surface area contributed by atoms with Crippen LogP contribution in [0.5, 0.6) is 0 Å². The second-order valence-corrected chi connectivity index (χ2v) is 2.52. The van der Waals surface area contributed by atoms with Crippen molar-refractivity contribution in [2.45, 2.75) is 12.8 Å². The maximum Gasteiger partial charge on any atom is 0.156 e. The predicted octanol–water partition coefficient (Wildman–Crippen LogP) is 2.28. The summed E-state index contributed by atoms with van der Waals surface area (Å²) in [5.74, 6) is 3.11. The van der Waals surface area contributed by atoms with Crippen molar-refractivity contribution in [3.63, 3.8) is 0 Å². The maximum absolute atomic E-state index is 11.1. The largest absolute Gasteiger partial charge is 0.465 e. The molecule has 0 aliphatic heterocycles. The molecule has 2 heteroatoms. The molecule has 1 rings (SSSR count). The third-order valence-electron chi connectivity index (χ3n) is 1.49. The summed E-state index contributed by atoms with van der Waals surface area (Å²) in [6.07, 6.45) is 10.6. The lowest BCUT2D eigenvalue weighted by Crippen LogP contribution is -1.89. The van der Waals surface area contributed by atoms with Crippen molar-refractivity contribution in [2.24, 2.45) is 0 Å². The number of carbonyl (C=O) groups is 1. The molecule has 0 unspecified atom stereocenters. The summed E-state index contributed by atoms with van der Waals surface area (Å²) >= 11 is 0. The number of ketones is 1. The van der Waals surface area contributed by atoms with Crippen molar-refractivity contribution in [3.05, 3.63) is 30.2 Å². The minimum Gasteiger partial charge on any atom is -0.465 e. The molecule has 0 spiro atoms. The van der Waals surface area contributed by atoms with E-state index >= 15 is 0 Å². The van der Waals surface area contributed by atoms with Crippen LogP contribution in [-0.4, -0.2) is 5.78 Å². The topological polar surface area (TPSA) is 30.2 Å². The Morgan fingerprint density at radius 3 is 3.15 bits per heavy atom. The molecule has 0 saturated heterocycles. The summed E-state index contributed by atoms with van der Waals surface area (Å²) in [5.41, 5.74) is 0. The molecule has 0 radical (unpaired) electrons. The Bertz CT molecular complexity index is 325. The molecule has 0 aromatic carbocycles. The zero-order valence-corrected chi connectivity index (χ0v) is 7.19. The lowest BCUT2D eigenvalue weighted by molar-refractivity contribution is -0.114. The Hall–Kier alpha value is -1.75. The molecule has 1 aromatic rings. The average Bonchev–Trinajstić information content (AvgIpc) is 2.64. The van der Waals surface area contributed by atoms with Gasteiger partial charge in [-0.25, -0.2) is 0 Å². The van der Waals surface area contributed by atoms with E-state index in [-0.39, 0.29) is 5.78 Å². The molecule has 2 nitrogen and oxygen atoms in total. The number of furan rings is 1. The molecule has 66 valence electrons. The van der Waals surface area contributed by atoms with Gasteiger partial charge in [-0.3, -0.25) is 4.79 Å². The third kappa shape index (κ3) is 3.44. The van der Waals surface area contributed by atoms with Gasteiger partial charge in [-0.2, -0.15) is 0 Å². The third-order valence-corrected chi connectivity index (χ3v) is 1.49. The standard InChI is InChI=1S/C11H10O2/c1-2-3-5-10(12)7-8-11-6-4-9-13-11/h1,4,6-9H,3,5H2/b8-7+. The minimum absolute atomic E-state index is 0.0225. The lowest BCUT2D eigenvalue weighted by atomic mass is 10.2. The van der Waals surface area contributed by atoms with Gasteiger partial charge in [-0.1, -0.05) is 0 Å². The molecule has 0 amide bonds. The van der Waals surface area contributed by atoms with E-state index in [4.69, 9.17) is 10.8 Å². The molecule has 0 aliphatic rings. The van der Waals surface area contributed by atoms with Gasteiger partial charge in [0.05, 0.1) is 6.26 Å². The van der Waals surface area contributed by atoms with Gasteiger partial charge in [-0.15, -0.1) is 12.3 Å². The van der Waals surface area contributed by atoms with Gasteiger partial charge in [0.1, 0.15) is 5.76 Å². The first-order valence-electron chi connectivity index (χ1n) is 4.01. The van der Waals surface area contributed by atoms with Crippen molar-refractivity contribution < 1.29 is 9.21 Å². The number of allylic oxidation sites excluding steroid dienone is 1. The highest BCUT2D eigenvalue weighted by molar-refractivity contribution is 5.93. The highest BCUT2D eigenvalue weighted by atomic mass is 16.3. The van der Waals surface area contributed by atoms with Crippen LogP contribution in [0.15, 0.2) is 28.9 Å². The second kappa shape index (κ2) is 5.00. The van der Waals surface area contributed by atoms with E-state index < -0.39 is 0 Å². The first-order valence-corrected chi connectivity index (χ1v) is 4.01. The molecule has 0 N–H and O–H groups in total. The number of hydrogen-bond donors (Lipinski definition) is 0. The average molecular weight is 174 g/mol. The van der Waals surface area contributed by atoms with Crippen molar-refractivity contribution >= 4 is 11.9 Å².